The molecule has 2 aliphatic heterocycles. The van der Waals surface area contributed by atoms with E-state index in [-0.39, 0.29) is 0 Å². The number of morpholine rings is 1. The van der Waals surface area contributed by atoms with Crippen LogP contribution in [0.4, 0.5) is 11.6 Å². The Morgan fingerprint density at radius 1 is 0.919 bits per heavy atom. The maximum atomic E-state index is 6.23. The number of nitrogen functional groups attached to an aromatic ring is 1. The first-order chi connectivity index (χ1) is 18.1. The molecule has 2 fully saturated rings. The van der Waals surface area contributed by atoms with Gasteiger partial charge in [-0.1, -0.05) is 28.1 Å². The maximum absolute atomic E-state index is 6.23. The second kappa shape index (κ2) is 10.3. The van der Waals surface area contributed by atoms with Gasteiger partial charge in [-0.05, 0) is 41.5 Å². The molecular weight excluding hydrogens is 534 g/mol. The van der Waals surface area contributed by atoms with Gasteiger partial charge in [-0.2, -0.15) is 5.10 Å². The number of nitrogens with zero attached hydrogens (tertiary/aromatic N) is 8. The van der Waals surface area contributed by atoms with Crippen molar-refractivity contribution in [1.29, 1.82) is 0 Å². The SMILES string of the molecule is Nc1ncnc2nc(-c3ccc(N4CCC(=NN5CCOCC5)CC4)nn3)cc(-c3cccc(Br)c3)c12. The molecule has 3 aromatic heterocycles. The van der Waals surface area contributed by atoms with Crippen molar-refractivity contribution in [3.8, 4) is 22.5 Å². The molecular formula is C26H26BrN9O. The van der Waals surface area contributed by atoms with Crippen LogP contribution >= 0.6 is 15.9 Å². The van der Waals surface area contributed by atoms with E-state index in [1.807, 2.05) is 42.5 Å². The van der Waals surface area contributed by atoms with Crippen molar-refractivity contribution < 1.29 is 4.74 Å². The van der Waals surface area contributed by atoms with Crippen LogP contribution in [0.1, 0.15) is 12.8 Å². The average Bonchev–Trinajstić information content (AvgIpc) is 2.94. The molecule has 0 saturated carbocycles. The molecule has 0 spiro atoms. The van der Waals surface area contributed by atoms with E-state index in [9.17, 15) is 0 Å². The van der Waals surface area contributed by atoms with E-state index in [0.29, 0.717) is 22.9 Å². The zero-order valence-corrected chi connectivity index (χ0v) is 21.8. The summed E-state index contributed by atoms with van der Waals surface area (Å²) in [6.07, 6.45) is 3.27. The number of benzene rings is 1. The number of fused-ring (bicyclic) bond motifs is 1. The first-order valence-corrected chi connectivity index (χ1v) is 13.1. The molecule has 37 heavy (non-hydrogen) atoms. The number of piperidine rings is 1. The highest BCUT2D eigenvalue weighted by Crippen LogP contribution is 2.34. The van der Waals surface area contributed by atoms with Crippen LogP contribution in [-0.2, 0) is 4.74 Å². The van der Waals surface area contributed by atoms with Gasteiger partial charge < -0.3 is 15.4 Å². The Morgan fingerprint density at radius 2 is 1.76 bits per heavy atom. The normalized spacial score (nSPS) is 16.3. The highest BCUT2D eigenvalue weighted by molar-refractivity contribution is 9.10. The number of hydrogen-bond donors (Lipinski definition) is 1. The van der Waals surface area contributed by atoms with Gasteiger partial charge in [0.1, 0.15) is 17.8 Å². The van der Waals surface area contributed by atoms with Crippen molar-refractivity contribution in [1.82, 2.24) is 30.2 Å². The second-order valence-corrected chi connectivity index (χ2v) is 9.93. The summed E-state index contributed by atoms with van der Waals surface area (Å²) in [5, 5.41) is 16.7. The molecule has 2 N–H and O–H groups in total. The van der Waals surface area contributed by atoms with E-state index < -0.39 is 0 Å². The van der Waals surface area contributed by atoms with Gasteiger partial charge in [0.25, 0.3) is 0 Å². The van der Waals surface area contributed by atoms with Crippen LogP contribution in [0.2, 0.25) is 0 Å². The molecule has 188 valence electrons. The second-order valence-electron chi connectivity index (χ2n) is 9.02. The number of rotatable bonds is 4. The fraction of sp³-hybridized carbons (Fsp3) is 0.308. The lowest BCUT2D eigenvalue weighted by Gasteiger charge is -2.30. The van der Waals surface area contributed by atoms with Crippen LogP contribution < -0.4 is 10.6 Å². The third kappa shape index (κ3) is 5.09. The third-order valence-electron chi connectivity index (χ3n) is 6.62. The van der Waals surface area contributed by atoms with E-state index in [4.69, 9.17) is 20.6 Å². The summed E-state index contributed by atoms with van der Waals surface area (Å²) in [6, 6.07) is 14.0. The van der Waals surface area contributed by atoms with Crippen LogP contribution in [0, 0.1) is 0 Å². The highest BCUT2D eigenvalue weighted by Gasteiger charge is 2.20. The Labute approximate surface area is 222 Å². The maximum Gasteiger partial charge on any atom is 0.165 e. The first kappa shape index (κ1) is 23.7. The van der Waals surface area contributed by atoms with Gasteiger partial charge in [0.2, 0.25) is 0 Å². The highest BCUT2D eigenvalue weighted by atomic mass is 79.9. The molecule has 0 radical (unpaired) electrons. The predicted octanol–water partition coefficient (Wildman–Crippen LogP) is 3.78. The van der Waals surface area contributed by atoms with Gasteiger partial charge in [-0.15, -0.1) is 10.2 Å². The topological polar surface area (TPSA) is 119 Å². The molecule has 0 atom stereocenters. The standard InChI is InChI=1S/C26H26BrN9O/c27-18-3-1-2-17(14-18)20-15-22(31-26-24(20)25(28)29-16-30-26)21-4-5-23(33-32-21)35-8-6-19(7-9-35)34-36-10-12-37-13-11-36/h1-5,14-16H,6-13H2,(H2,28,29,30,31). The average molecular weight is 560 g/mol. The minimum absolute atomic E-state index is 0.391. The summed E-state index contributed by atoms with van der Waals surface area (Å²) in [4.78, 5) is 15.6. The summed E-state index contributed by atoms with van der Waals surface area (Å²) in [6.45, 7) is 4.97. The van der Waals surface area contributed by atoms with Crippen molar-refractivity contribution in [2.45, 2.75) is 12.8 Å². The zero-order chi connectivity index (χ0) is 25.2. The Hall–Kier alpha value is -3.70. The number of pyridine rings is 1. The Morgan fingerprint density at radius 3 is 2.51 bits per heavy atom. The fourth-order valence-electron chi connectivity index (χ4n) is 4.68. The number of halogens is 1. The fourth-order valence-corrected chi connectivity index (χ4v) is 5.08. The molecule has 0 unspecified atom stereocenters. The molecule has 5 heterocycles. The number of hydrogen-bond acceptors (Lipinski definition) is 10. The van der Waals surface area contributed by atoms with Gasteiger partial charge in [0.15, 0.2) is 11.5 Å². The lowest BCUT2D eigenvalue weighted by atomic mass is 10.0. The molecule has 0 amide bonds. The van der Waals surface area contributed by atoms with E-state index in [1.165, 1.54) is 12.0 Å². The van der Waals surface area contributed by atoms with Crippen LogP contribution in [0.3, 0.4) is 0 Å². The van der Waals surface area contributed by atoms with Gasteiger partial charge in [-0.25, -0.2) is 15.0 Å². The van der Waals surface area contributed by atoms with Gasteiger partial charge in [0, 0.05) is 36.1 Å². The number of ether oxygens (including phenoxy) is 1. The minimum atomic E-state index is 0.391. The molecule has 2 saturated heterocycles. The zero-order valence-electron chi connectivity index (χ0n) is 20.2. The van der Waals surface area contributed by atoms with Crippen molar-refractivity contribution in [2.24, 2.45) is 5.10 Å². The minimum Gasteiger partial charge on any atom is -0.383 e. The largest absolute Gasteiger partial charge is 0.383 e. The molecule has 0 bridgehead atoms. The summed E-state index contributed by atoms with van der Waals surface area (Å²) in [5.74, 6) is 1.25. The summed E-state index contributed by atoms with van der Waals surface area (Å²) < 4.78 is 6.38. The number of nitrogens with two attached hydrogens (primary N) is 1. The van der Waals surface area contributed by atoms with Gasteiger partial charge in [-0.3, -0.25) is 5.01 Å². The molecule has 2 aliphatic rings. The Bertz CT molecular complexity index is 1440. The van der Waals surface area contributed by atoms with Crippen molar-refractivity contribution in [3.63, 3.8) is 0 Å². The lowest BCUT2D eigenvalue weighted by Crippen LogP contribution is -2.37. The lowest BCUT2D eigenvalue weighted by molar-refractivity contribution is 0.0391. The van der Waals surface area contributed by atoms with Crippen molar-refractivity contribution >= 4 is 44.3 Å². The van der Waals surface area contributed by atoms with E-state index in [0.717, 1.165) is 79.0 Å². The van der Waals surface area contributed by atoms with E-state index in [2.05, 4.69) is 46.0 Å². The molecule has 0 aliphatic carbocycles. The molecule has 1 aromatic carbocycles. The number of aromatic nitrogens is 5. The van der Waals surface area contributed by atoms with Gasteiger partial charge in [0.05, 0.1) is 37.4 Å². The Kier molecular flexibility index (Phi) is 6.62. The van der Waals surface area contributed by atoms with E-state index >= 15 is 0 Å². The quantitative estimate of drug-likeness (QED) is 0.398. The monoisotopic (exact) mass is 559 g/mol. The molecule has 4 aromatic rings. The first-order valence-electron chi connectivity index (χ1n) is 12.3. The van der Waals surface area contributed by atoms with Crippen molar-refractivity contribution in [2.75, 3.05) is 50.0 Å². The summed E-state index contributed by atoms with van der Waals surface area (Å²) in [7, 11) is 0. The van der Waals surface area contributed by atoms with Crippen LogP contribution in [0.5, 0.6) is 0 Å². The van der Waals surface area contributed by atoms with Crippen LogP contribution in [0.15, 0.2) is 58.4 Å². The van der Waals surface area contributed by atoms with E-state index in [1.54, 1.807) is 0 Å². The smallest absolute Gasteiger partial charge is 0.165 e. The Balaban J connectivity index is 1.25. The summed E-state index contributed by atoms with van der Waals surface area (Å²) in [5.41, 5.74) is 11.2. The predicted molar refractivity (Wildman–Crippen MR) is 147 cm³/mol. The number of anilines is 2. The summed E-state index contributed by atoms with van der Waals surface area (Å²) >= 11 is 3.56. The third-order valence-corrected chi connectivity index (χ3v) is 7.11. The van der Waals surface area contributed by atoms with Gasteiger partial charge >= 0.3 is 0 Å². The molecule has 6 rings (SSSR count). The molecule has 11 heteroatoms. The molecule has 10 nitrogen and oxygen atoms in total. The number of hydrazone groups is 1. The van der Waals surface area contributed by atoms with Crippen LogP contribution in [0.25, 0.3) is 33.5 Å². The van der Waals surface area contributed by atoms with Crippen LogP contribution in [-0.4, -0.2) is 75.3 Å². The van der Waals surface area contributed by atoms with Crippen molar-refractivity contribution in [3.05, 3.63) is 53.3 Å².